The lowest BCUT2D eigenvalue weighted by atomic mass is 9.94. The molecule has 0 aromatic carbocycles. The van der Waals surface area contributed by atoms with E-state index in [-0.39, 0.29) is 5.97 Å². The van der Waals surface area contributed by atoms with Crippen LogP contribution in [0.25, 0.3) is 0 Å². The largest absolute Gasteiger partial charge is 0.465 e. The Hall–Kier alpha value is -0.610. The summed E-state index contributed by atoms with van der Waals surface area (Å²) in [4.78, 5) is 14.1. The molecular weight excluding hydrogens is 216 g/mol. The summed E-state index contributed by atoms with van der Waals surface area (Å²) in [6.07, 6.45) is 3.41. The van der Waals surface area contributed by atoms with Crippen molar-refractivity contribution in [3.63, 3.8) is 0 Å². The van der Waals surface area contributed by atoms with Gasteiger partial charge >= 0.3 is 5.97 Å². The first-order valence-electron chi connectivity index (χ1n) is 6.55. The van der Waals surface area contributed by atoms with Gasteiger partial charge in [0, 0.05) is 13.1 Å². The number of nitrogens with one attached hydrogen (secondary N) is 1. The summed E-state index contributed by atoms with van der Waals surface area (Å²) in [6.45, 7) is 6.03. The molecular formula is C13H26N2O2. The number of likely N-dealkylation sites (N-methyl/N-ethyl adjacent to an activating group) is 1. The highest BCUT2D eigenvalue weighted by Gasteiger charge is 2.39. The molecule has 1 aliphatic rings. The van der Waals surface area contributed by atoms with Crippen LogP contribution in [0.15, 0.2) is 0 Å². The van der Waals surface area contributed by atoms with Crippen LogP contribution in [-0.4, -0.2) is 50.2 Å². The van der Waals surface area contributed by atoms with E-state index < -0.39 is 5.54 Å². The molecule has 1 atom stereocenters. The average Bonchev–Trinajstić information content (AvgIpc) is 3.01. The number of hydrogen-bond donors (Lipinski definition) is 1. The third-order valence-electron chi connectivity index (χ3n) is 3.19. The number of rotatable bonds is 8. The van der Waals surface area contributed by atoms with E-state index >= 15 is 0 Å². The molecule has 0 aliphatic heterocycles. The fourth-order valence-corrected chi connectivity index (χ4v) is 1.97. The van der Waals surface area contributed by atoms with Gasteiger partial charge < -0.3 is 15.0 Å². The molecule has 0 aromatic heterocycles. The van der Waals surface area contributed by atoms with Crippen LogP contribution >= 0.6 is 0 Å². The number of carbonyl (C=O) groups is 1. The van der Waals surface area contributed by atoms with Crippen LogP contribution in [0.3, 0.4) is 0 Å². The standard InChI is InChI=1S/C13H26N2O2/c1-5-17-12(16)13(2,10-11-6-7-11)14-8-9-15(3)4/h11,14H,5-10H2,1-4H3. The number of ether oxygens (including phenoxy) is 1. The van der Waals surface area contributed by atoms with Crippen molar-refractivity contribution in [3.8, 4) is 0 Å². The molecule has 4 nitrogen and oxygen atoms in total. The van der Waals surface area contributed by atoms with Crippen molar-refractivity contribution in [2.45, 2.75) is 38.6 Å². The Labute approximate surface area is 105 Å². The van der Waals surface area contributed by atoms with Gasteiger partial charge in [-0.15, -0.1) is 0 Å². The van der Waals surface area contributed by atoms with Crippen LogP contribution in [-0.2, 0) is 9.53 Å². The first-order valence-corrected chi connectivity index (χ1v) is 6.55. The van der Waals surface area contributed by atoms with E-state index in [9.17, 15) is 4.79 Å². The van der Waals surface area contributed by atoms with E-state index in [4.69, 9.17) is 4.74 Å². The Morgan fingerprint density at radius 2 is 2.12 bits per heavy atom. The maximum absolute atomic E-state index is 12.0. The Morgan fingerprint density at radius 3 is 2.59 bits per heavy atom. The highest BCUT2D eigenvalue weighted by atomic mass is 16.5. The van der Waals surface area contributed by atoms with Gasteiger partial charge in [-0.05, 0) is 40.3 Å². The molecule has 0 bridgehead atoms. The van der Waals surface area contributed by atoms with E-state index in [1.54, 1.807) is 0 Å². The number of esters is 1. The van der Waals surface area contributed by atoms with Gasteiger partial charge in [-0.3, -0.25) is 4.79 Å². The van der Waals surface area contributed by atoms with Crippen LogP contribution in [0.1, 0.15) is 33.1 Å². The third kappa shape index (κ3) is 5.04. The van der Waals surface area contributed by atoms with E-state index in [0.29, 0.717) is 12.5 Å². The number of carbonyl (C=O) groups excluding carboxylic acids is 1. The maximum Gasteiger partial charge on any atom is 0.326 e. The second kappa shape index (κ2) is 6.36. The molecule has 1 fully saturated rings. The summed E-state index contributed by atoms with van der Waals surface area (Å²) in [5.41, 5.74) is -0.507. The van der Waals surface area contributed by atoms with Crippen molar-refractivity contribution in [1.82, 2.24) is 10.2 Å². The molecule has 17 heavy (non-hydrogen) atoms. The first kappa shape index (κ1) is 14.5. The number of hydrogen-bond acceptors (Lipinski definition) is 4. The molecule has 1 saturated carbocycles. The van der Waals surface area contributed by atoms with Gasteiger partial charge in [0.25, 0.3) is 0 Å². The van der Waals surface area contributed by atoms with Gasteiger partial charge in [-0.25, -0.2) is 0 Å². The van der Waals surface area contributed by atoms with Crippen LogP contribution in [0.4, 0.5) is 0 Å². The minimum atomic E-state index is -0.507. The molecule has 0 saturated heterocycles. The molecule has 100 valence electrons. The Kier molecular flexibility index (Phi) is 5.40. The summed E-state index contributed by atoms with van der Waals surface area (Å²) in [7, 11) is 4.06. The fraction of sp³-hybridized carbons (Fsp3) is 0.923. The highest BCUT2D eigenvalue weighted by Crippen LogP contribution is 2.37. The number of nitrogens with zero attached hydrogens (tertiary/aromatic N) is 1. The minimum absolute atomic E-state index is 0.106. The predicted molar refractivity (Wildman–Crippen MR) is 68.9 cm³/mol. The van der Waals surface area contributed by atoms with Crippen LogP contribution in [0.5, 0.6) is 0 Å². The predicted octanol–water partition coefficient (Wildman–Crippen LogP) is 1.26. The van der Waals surface area contributed by atoms with Gasteiger partial charge in [0.05, 0.1) is 6.61 Å². The quantitative estimate of drug-likeness (QED) is 0.651. The zero-order chi connectivity index (χ0) is 12.9. The molecule has 0 aromatic rings. The van der Waals surface area contributed by atoms with Crippen molar-refractivity contribution in [2.75, 3.05) is 33.8 Å². The molecule has 0 radical (unpaired) electrons. The summed E-state index contributed by atoms with van der Waals surface area (Å²) < 4.78 is 5.18. The van der Waals surface area contributed by atoms with Crippen molar-refractivity contribution in [3.05, 3.63) is 0 Å². The Morgan fingerprint density at radius 1 is 1.47 bits per heavy atom. The van der Waals surface area contributed by atoms with Crippen LogP contribution in [0.2, 0.25) is 0 Å². The van der Waals surface area contributed by atoms with Crippen molar-refractivity contribution >= 4 is 5.97 Å². The topological polar surface area (TPSA) is 41.6 Å². The normalized spacial score (nSPS) is 19.1. The second-order valence-corrected chi connectivity index (χ2v) is 5.43. The highest BCUT2D eigenvalue weighted by molar-refractivity contribution is 5.80. The smallest absolute Gasteiger partial charge is 0.326 e. The van der Waals surface area contributed by atoms with Gasteiger partial charge in [-0.1, -0.05) is 12.8 Å². The van der Waals surface area contributed by atoms with E-state index in [1.165, 1.54) is 12.8 Å². The Bertz CT molecular complexity index is 252. The maximum atomic E-state index is 12.0. The lowest BCUT2D eigenvalue weighted by Gasteiger charge is -2.29. The van der Waals surface area contributed by atoms with Gasteiger partial charge in [0.1, 0.15) is 5.54 Å². The molecule has 1 unspecified atom stereocenters. The second-order valence-electron chi connectivity index (χ2n) is 5.43. The van der Waals surface area contributed by atoms with Crippen molar-refractivity contribution in [1.29, 1.82) is 0 Å². The molecule has 0 amide bonds. The zero-order valence-electron chi connectivity index (χ0n) is 11.6. The molecule has 1 N–H and O–H groups in total. The lowest BCUT2D eigenvalue weighted by Crippen LogP contribution is -2.52. The van der Waals surface area contributed by atoms with E-state index in [2.05, 4.69) is 10.2 Å². The molecule has 4 heteroatoms. The van der Waals surface area contributed by atoms with E-state index in [0.717, 1.165) is 19.5 Å². The van der Waals surface area contributed by atoms with Gasteiger partial charge in [0.15, 0.2) is 0 Å². The van der Waals surface area contributed by atoms with Crippen LogP contribution < -0.4 is 5.32 Å². The summed E-state index contributed by atoms with van der Waals surface area (Å²) >= 11 is 0. The van der Waals surface area contributed by atoms with Crippen molar-refractivity contribution in [2.24, 2.45) is 5.92 Å². The van der Waals surface area contributed by atoms with Gasteiger partial charge in [0.2, 0.25) is 0 Å². The Balaban J connectivity index is 2.47. The molecule has 0 heterocycles. The minimum Gasteiger partial charge on any atom is -0.465 e. The lowest BCUT2D eigenvalue weighted by molar-refractivity contribution is -0.151. The first-order chi connectivity index (χ1) is 7.98. The third-order valence-corrected chi connectivity index (χ3v) is 3.19. The zero-order valence-corrected chi connectivity index (χ0v) is 11.6. The van der Waals surface area contributed by atoms with Gasteiger partial charge in [-0.2, -0.15) is 0 Å². The van der Waals surface area contributed by atoms with Crippen LogP contribution in [0, 0.1) is 5.92 Å². The SMILES string of the molecule is CCOC(=O)C(C)(CC1CC1)NCCN(C)C. The molecule has 1 rings (SSSR count). The molecule has 0 spiro atoms. The summed E-state index contributed by atoms with van der Waals surface area (Å²) in [5.74, 6) is 0.599. The fourth-order valence-electron chi connectivity index (χ4n) is 1.97. The monoisotopic (exact) mass is 242 g/mol. The summed E-state index contributed by atoms with van der Waals surface area (Å²) in [6, 6.07) is 0. The molecule has 1 aliphatic carbocycles. The van der Waals surface area contributed by atoms with E-state index in [1.807, 2.05) is 27.9 Å². The van der Waals surface area contributed by atoms with Crippen molar-refractivity contribution < 1.29 is 9.53 Å². The average molecular weight is 242 g/mol. The summed E-state index contributed by atoms with van der Waals surface area (Å²) in [5, 5.41) is 3.37.